The molecule has 1 aliphatic carbocycles. The maximum absolute atomic E-state index is 13.4. The van der Waals surface area contributed by atoms with Gasteiger partial charge in [-0.2, -0.15) is 5.26 Å². The highest BCUT2D eigenvalue weighted by molar-refractivity contribution is 5.72. The normalized spacial score (nSPS) is 21.0. The number of hydrogen-bond acceptors (Lipinski definition) is 5. The molecule has 0 saturated heterocycles. The third-order valence-corrected chi connectivity index (χ3v) is 4.22. The van der Waals surface area contributed by atoms with Crippen molar-refractivity contribution in [1.82, 2.24) is 0 Å². The van der Waals surface area contributed by atoms with E-state index in [0.29, 0.717) is 23.8 Å². The number of carbonyl (C=O) groups is 1. The summed E-state index contributed by atoms with van der Waals surface area (Å²) in [5.74, 6) is -0.310. The van der Waals surface area contributed by atoms with Crippen LogP contribution in [-0.4, -0.2) is 19.6 Å². The fourth-order valence-corrected chi connectivity index (χ4v) is 2.85. The van der Waals surface area contributed by atoms with Gasteiger partial charge in [-0.25, -0.2) is 4.39 Å². The molecule has 0 unspecified atom stereocenters. The number of rotatable bonds is 4. The van der Waals surface area contributed by atoms with Crippen molar-refractivity contribution >= 4 is 17.3 Å². The molecule has 0 aliphatic heterocycles. The van der Waals surface area contributed by atoms with Crippen molar-refractivity contribution in [2.75, 3.05) is 24.7 Å². The maximum Gasteiger partial charge on any atom is 0.308 e. The van der Waals surface area contributed by atoms with Gasteiger partial charge in [-0.1, -0.05) is 0 Å². The van der Waals surface area contributed by atoms with E-state index >= 15 is 0 Å². The largest absolute Gasteiger partial charge is 0.469 e. The van der Waals surface area contributed by atoms with Gasteiger partial charge in [0, 0.05) is 12.6 Å². The number of esters is 1. The summed E-state index contributed by atoms with van der Waals surface area (Å²) in [6.07, 6.45) is 3.50. The van der Waals surface area contributed by atoms with Crippen LogP contribution in [-0.2, 0) is 9.53 Å². The van der Waals surface area contributed by atoms with Gasteiger partial charge in [0.1, 0.15) is 11.9 Å². The Morgan fingerprint density at radius 2 is 2.14 bits per heavy atom. The fourth-order valence-electron chi connectivity index (χ4n) is 2.85. The van der Waals surface area contributed by atoms with Crippen molar-refractivity contribution in [3.8, 4) is 6.07 Å². The molecule has 1 aromatic rings. The lowest BCUT2D eigenvalue weighted by molar-refractivity contribution is -0.146. The SMILES string of the molecule is COC(=O)[C@H]1CC[C@H](CNc2cc(C#N)c(F)cc2N)CC1. The summed E-state index contributed by atoms with van der Waals surface area (Å²) in [5, 5.41) is 12.0. The molecule has 3 N–H and O–H groups in total. The number of nitrogens with zero attached hydrogens (tertiary/aromatic N) is 1. The molecular formula is C16H20FN3O2. The van der Waals surface area contributed by atoms with E-state index in [1.165, 1.54) is 13.2 Å². The first-order valence-corrected chi connectivity index (χ1v) is 7.36. The highest BCUT2D eigenvalue weighted by atomic mass is 19.1. The average molecular weight is 305 g/mol. The fraction of sp³-hybridized carbons (Fsp3) is 0.500. The Morgan fingerprint density at radius 1 is 1.45 bits per heavy atom. The third kappa shape index (κ3) is 3.67. The smallest absolute Gasteiger partial charge is 0.308 e. The van der Waals surface area contributed by atoms with Crippen LogP contribution in [0.2, 0.25) is 0 Å². The zero-order chi connectivity index (χ0) is 16.1. The molecule has 2 rings (SSSR count). The molecule has 0 spiro atoms. The molecule has 1 saturated carbocycles. The summed E-state index contributed by atoms with van der Waals surface area (Å²) in [6, 6.07) is 4.40. The topological polar surface area (TPSA) is 88.1 Å². The van der Waals surface area contributed by atoms with Gasteiger partial charge >= 0.3 is 5.97 Å². The van der Waals surface area contributed by atoms with Gasteiger partial charge in [0.2, 0.25) is 0 Å². The minimum Gasteiger partial charge on any atom is -0.469 e. The second kappa shape index (κ2) is 7.12. The summed E-state index contributed by atoms with van der Waals surface area (Å²) >= 11 is 0. The molecule has 0 bridgehead atoms. The molecular weight excluding hydrogens is 285 g/mol. The lowest BCUT2D eigenvalue weighted by atomic mass is 9.82. The van der Waals surface area contributed by atoms with Gasteiger partial charge in [0.15, 0.2) is 0 Å². The van der Waals surface area contributed by atoms with Gasteiger partial charge < -0.3 is 15.8 Å². The Hall–Kier alpha value is -2.29. The second-order valence-corrected chi connectivity index (χ2v) is 5.65. The first-order valence-electron chi connectivity index (χ1n) is 7.36. The molecule has 0 heterocycles. The van der Waals surface area contributed by atoms with Crippen molar-refractivity contribution in [3.05, 3.63) is 23.5 Å². The van der Waals surface area contributed by atoms with E-state index in [4.69, 9.17) is 15.7 Å². The van der Waals surface area contributed by atoms with E-state index in [1.54, 1.807) is 6.07 Å². The first kappa shape index (κ1) is 16.1. The quantitative estimate of drug-likeness (QED) is 0.659. The number of carbonyl (C=O) groups excluding carboxylic acids is 1. The van der Waals surface area contributed by atoms with Crippen molar-refractivity contribution in [2.45, 2.75) is 25.7 Å². The van der Waals surface area contributed by atoms with E-state index < -0.39 is 5.82 Å². The molecule has 0 amide bonds. The van der Waals surface area contributed by atoms with Gasteiger partial charge in [-0.05, 0) is 37.7 Å². The molecule has 5 nitrogen and oxygen atoms in total. The number of nitrogens with one attached hydrogen (secondary N) is 1. The molecule has 0 aromatic heterocycles. The van der Waals surface area contributed by atoms with E-state index in [0.717, 1.165) is 31.7 Å². The summed E-state index contributed by atoms with van der Waals surface area (Å²) in [6.45, 7) is 0.689. The highest BCUT2D eigenvalue weighted by Crippen LogP contribution is 2.30. The predicted octanol–water partition coefficient (Wildman–Crippen LogP) is 2.67. The molecule has 6 heteroatoms. The van der Waals surface area contributed by atoms with Crippen LogP contribution in [0.1, 0.15) is 31.2 Å². The Kier molecular flexibility index (Phi) is 5.21. The molecule has 1 aromatic carbocycles. The van der Waals surface area contributed by atoms with E-state index in [9.17, 15) is 9.18 Å². The standard InChI is InChI=1S/C16H20FN3O2/c1-22-16(21)11-4-2-10(3-5-11)9-20-15-6-12(8-18)13(17)7-14(15)19/h6-7,10-11,20H,2-5,9,19H2,1H3/t10-,11-. The lowest BCUT2D eigenvalue weighted by Gasteiger charge is -2.27. The van der Waals surface area contributed by atoms with Gasteiger partial charge in [0.05, 0.1) is 30.0 Å². The number of nitriles is 1. The van der Waals surface area contributed by atoms with Crippen LogP contribution in [0, 0.1) is 29.0 Å². The highest BCUT2D eigenvalue weighted by Gasteiger charge is 2.26. The zero-order valence-electron chi connectivity index (χ0n) is 12.6. The van der Waals surface area contributed by atoms with Gasteiger partial charge in [-0.3, -0.25) is 4.79 Å². The van der Waals surface area contributed by atoms with Crippen molar-refractivity contribution in [2.24, 2.45) is 11.8 Å². The van der Waals surface area contributed by atoms with Crippen LogP contribution < -0.4 is 11.1 Å². The average Bonchev–Trinajstić information content (AvgIpc) is 2.54. The number of benzene rings is 1. The lowest BCUT2D eigenvalue weighted by Crippen LogP contribution is -2.26. The number of hydrogen-bond donors (Lipinski definition) is 2. The van der Waals surface area contributed by atoms with E-state index in [1.807, 2.05) is 0 Å². The van der Waals surface area contributed by atoms with Crippen LogP contribution in [0.3, 0.4) is 0 Å². The monoisotopic (exact) mass is 305 g/mol. The van der Waals surface area contributed by atoms with E-state index in [2.05, 4.69) is 5.32 Å². The maximum atomic E-state index is 13.4. The minimum absolute atomic E-state index is 0.00216. The van der Waals surface area contributed by atoms with Gasteiger partial charge in [0.25, 0.3) is 0 Å². The van der Waals surface area contributed by atoms with E-state index in [-0.39, 0.29) is 17.5 Å². The first-order chi connectivity index (χ1) is 10.5. The molecule has 0 radical (unpaired) electrons. The summed E-state index contributed by atoms with van der Waals surface area (Å²) in [5.41, 5.74) is 6.61. The second-order valence-electron chi connectivity index (χ2n) is 5.65. The zero-order valence-corrected chi connectivity index (χ0v) is 12.6. The Morgan fingerprint density at radius 3 is 2.73 bits per heavy atom. The number of nitrogens with two attached hydrogens (primary N) is 1. The summed E-state index contributed by atoms with van der Waals surface area (Å²) in [7, 11) is 1.42. The van der Waals surface area contributed by atoms with Gasteiger partial charge in [-0.15, -0.1) is 0 Å². The number of methoxy groups -OCH3 is 1. The van der Waals surface area contributed by atoms with Crippen LogP contribution in [0.15, 0.2) is 12.1 Å². The molecule has 22 heavy (non-hydrogen) atoms. The Labute approximate surface area is 129 Å². The third-order valence-electron chi connectivity index (χ3n) is 4.22. The van der Waals surface area contributed by atoms with Crippen molar-refractivity contribution in [3.63, 3.8) is 0 Å². The molecule has 1 aliphatic rings. The van der Waals surface area contributed by atoms with Crippen LogP contribution in [0.4, 0.5) is 15.8 Å². The predicted molar refractivity (Wildman–Crippen MR) is 81.5 cm³/mol. The van der Waals surface area contributed by atoms with Crippen molar-refractivity contribution in [1.29, 1.82) is 5.26 Å². The minimum atomic E-state index is -0.607. The molecule has 0 atom stereocenters. The number of ether oxygens (including phenoxy) is 1. The van der Waals surface area contributed by atoms with Crippen LogP contribution in [0.25, 0.3) is 0 Å². The van der Waals surface area contributed by atoms with Crippen molar-refractivity contribution < 1.29 is 13.9 Å². The molecule has 118 valence electrons. The Balaban J connectivity index is 1.90. The summed E-state index contributed by atoms with van der Waals surface area (Å²) in [4.78, 5) is 11.5. The van der Waals surface area contributed by atoms with Crippen LogP contribution in [0.5, 0.6) is 0 Å². The number of halogens is 1. The Bertz CT molecular complexity index is 590. The van der Waals surface area contributed by atoms with Crippen LogP contribution >= 0.6 is 0 Å². The number of nitrogen functional groups attached to an aromatic ring is 1. The summed E-state index contributed by atoms with van der Waals surface area (Å²) < 4.78 is 18.2. The number of anilines is 2. The molecule has 1 fully saturated rings.